The second-order valence-corrected chi connectivity index (χ2v) is 7.60. The summed E-state index contributed by atoms with van der Waals surface area (Å²) < 4.78 is 11.2. The van der Waals surface area contributed by atoms with Crippen LogP contribution in [0.3, 0.4) is 0 Å². The van der Waals surface area contributed by atoms with E-state index >= 15 is 0 Å². The molecule has 0 fully saturated rings. The summed E-state index contributed by atoms with van der Waals surface area (Å²) in [6.07, 6.45) is 1.58. The van der Waals surface area contributed by atoms with E-state index in [1.807, 2.05) is 51.1 Å². The first-order valence-corrected chi connectivity index (χ1v) is 9.24. The zero-order valence-electron chi connectivity index (χ0n) is 14.8. The first kappa shape index (κ1) is 17.4. The van der Waals surface area contributed by atoms with Gasteiger partial charge in [0.15, 0.2) is 0 Å². The maximum Gasteiger partial charge on any atom is 0.412 e. The van der Waals surface area contributed by atoms with Gasteiger partial charge in [-0.25, -0.2) is 4.79 Å². The quantitative estimate of drug-likeness (QED) is 0.571. The van der Waals surface area contributed by atoms with Gasteiger partial charge >= 0.3 is 6.09 Å². The number of nitrogens with one attached hydrogen (secondary N) is 1. The van der Waals surface area contributed by atoms with Crippen LogP contribution in [0.4, 0.5) is 10.5 Å². The van der Waals surface area contributed by atoms with Gasteiger partial charge in [0.25, 0.3) is 0 Å². The lowest BCUT2D eigenvalue weighted by Crippen LogP contribution is -2.27. The van der Waals surface area contributed by atoms with Gasteiger partial charge in [-0.1, -0.05) is 12.1 Å². The van der Waals surface area contributed by atoms with Crippen LogP contribution in [-0.2, 0) is 4.74 Å². The summed E-state index contributed by atoms with van der Waals surface area (Å²) >= 11 is 1.71. The highest BCUT2D eigenvalue weighted by atomic mass is 32.2. The van der Waals surface area contributed by atoms with E-state index in [1.165, 1.54) is 4.90 Å². The minimum Gasteiger partial charge on any atom is -0.456 e. The Balaban J connectivity index is 1.82. The Morgan fingerprint density at radius 3 is 2.44 bits per heavy atom. The molecule has 1 heterocycles. The van der Waals surface area contributed by atoms with E-state index in [2.05, 4.69) is 23.7 Å². The van der Waals surface area contributed by atoms with Crippen LogP contribution in [0.15, 0.2) is 57.8 Å². The van der Waals surface area contributed by atoms with Crippen molar-refractivity contribution in [2.45, 2.75) is 31.3 Å². The molecule has 0 unspecified atom stereocenters. The van der Waals surface area contributed by atoms with E-state index < -0.39 is 11.7 Å². The fourth-order valence-electron chi connectivity index (χ4n) is 2.44. The third-order valence-electron chi connectivity index (χ3n) is 3.54. The van der Waals surface area contributed by atoms with Crippen molar-refractivity contribution < 1.29 is 13.9 Å². The first-order valence-electron chi connectivity index (χ1n) is 8.02. The predicted molar refractivity (Wildman–Crippen MR) is 103 cm³/mol. The fourth-order valence-corrected chi connectivity index (χ4v) is 2.85. The normalized spacial score (nSPS) is 11.5. The largest absolute Gasteiger partial charge is 0.456 e. The van der Waals surface area contributed by atoms with Crippen molar-refractivity contribution in [1.29, 1.82) is 0 Å². The van der Waals surface area contributed by atoms with Crippen molar-refractivity contribution >= 4 is 34.5 Å². The third kappa shape index (κ3) is 4.37. The molecule has 0 radical (unpaired) electrons. The molecule has 0 spiro atoms. The van der Waals surface area contributed by atoms with Crippen LogP contribution in [0.2, 0.25) is 0 Å². The van der Waals surface area contributed by atoms with Gasteiger partial charge in [0.05, 0.1) is 0 Å². The minimum atomic E-state index is -0.528. The molecule has 1 aromatic heterocycles. The smallest absolute Gasteiger partial charge is 0.412 e. The number of fused-ring (bicyclic) bond motifs is 1. The van der Waals surface area contributed by atoms with Crippen molar-refractivity contribution in [1.82, 2.24) is 0 Å². The molecular formula is C20H21NO3S. The lowest BCUT2D eigenvalue weighted by atomic mass is 10.1. The van der Waals surface area contributed by atoms with Crippen LogP contribution in [0.5, 0.6) is 0 Å². The van der Waals surface area contributed by atoms with Crippen molar-refractivity contribution in [2.75, 3.05) is 11.6 Å². The standard InChI is InChI=1S/C20H21NO3S/c1-20(2,3)24-19(22)21-15-7-10-17-14(11-15)12-18(23-17)13-5-8-16(25-4)9-6-13/h5-12H,1-4H3,(H,21,22). The minimum absolute atomic E-state index is 0.469. The number of amides is 1. The van der Waals surface area contributed by atoms with Gasteiger partial charge in [-0.15, -0.1) is 11.8 Å². The van der Waals surface area contributed by atoms with Gasteiger partial charge in [0.1, 0.15) is 16.9 Å². The third-order valence-corrected chi connectivity index (χ3v) is 4.28. The molecule has 0 aliphatic heterocycles. The van der Waals surface area contributed by atoms with E-state index in [0.29, 0.717) is 5.69 Å². The van der Waals surface area contributed by atoms with E-state index in [1.54, 1.807) is 17.8 Å². The second-order valence-electron chi connectivity index (χ2n) is 6.72. The molecule has 0 saturated heterocycles. The Bertz CT molecular complexity index is 891. The van der Waals surface area contributed by atoms with E-state index in [0.717, 1.165) is 22.3 Å². The molecule has 3 aromatic rings. The molecule has 2 aromatic carbocycles. The average molecular weight is 355 g/mol. The number of hydrogen-bond acceptors (Lipinski definition) is 4. The van der Waals surface area contributed by atoms with Crippen molar-refractivity contribution in [3.63, 3.8) is 0 Å². The number of rotatable bonds is 3. The molecule has 4 nitrogen and oxygen atoms in total. The van der Waals surface area contributed by atoms with Gasteiger partial charge < -0.3 is 9.15 Å². The van der Waals surface area contributed by atoms with E-state index in [4.69, 9.17) is 9.15 Å². The number of thioether (sulfide) groups is 1. The van der Waals surface area contributed by atoms with Gasteiger partial charge in [-0.05, 0) is 63.4 Å². The summed E-state index contributed by atoms with van der Waals surface area (Å²) in [6, 6.07) is 15.7. The highest BCUT2D eigenvalue weighted by Crippen LogP contribution is 2.30. The summed E-state index contributed by atoms with van der Waals surface area (Å²) in [4.78, 5) is 13.1. The summed E-state index contributed by atoms with van der Waals surface area (Å²) in [6.45, 7) is 5.50. The lowest BCUT2D eigenvalue weighted by molar-refractivity contribution is 0.0636. The summed E-state index contributed by atoms with van der Waals surface area (Å²) in [7, 11) is 0. The maximum absolute atomic E-state index is 11.9. The lowest BCUT2D eigenvalue weighted by Gasteiger charge is -2.19. The molecule has 0 bridgehead atoms. The number of ether oxygens (including phenoxy) is 1. The number of carbonyl (C=O) groups is 1. The monoisotopic (exact) mass is 355 g/mol. The molecule has 0 aliphatic carbocycles. The summed E-state index contributed by atoms with van der Waals surface area (Å²) in [5.41, 5.74) is 1.95. The van der Waals surface area contributed by atoms with Crippen LogP contribution in [0.1, 0.15) is 20.8 Å². The molecule has 0 aliphatic rings. The molecule has 3 rings (SSSR count). The topological polar surface area (TPSA) is 51.5 Å². The number of furan rings is 1. The highest BCUT2D eigenvalue weighted by molar-refractivity contribution is 7.98. The van der Waals surface area contributed by atoms with Crippen LogP contribution < -0.4 is 5.32 Å². The highest BCUT2D eigenvalue weighted by Gasteiger charge is 2.16. The molecule has 130 valence electrons. The van der Waals surface area contributed by atoms with Crippen molar-refractivity contribution in [3.8, 4) is 11.3 Å². The number of carbonyl (C=O) groups excluding carboxylic acids is 1. The van der Waals surface area contributed by atoms with Crippen LogP contribution >= 0.6 is 11.8 Å². The fraction of sp³-hybridized carbons (Fsp3) is 0.250. The zero-order valence-corrected chi connectivity index (χ0v) is 15.6. The van der Waals surface area contributed by atoms with E-state index in [-0.39, 0.29) is 0 Å². The molecule has 5 heteroatoms. The first-order chi connectivity index (χ1) is 11.8. The molecular weight excluding hydrogens is 334 g/mol. The molecule has 1 N–H and O–H groups in total. The molecule has 1 amide bonds. The van der Waals surface area contributed by atoms with Crippen molar-refractivity contribution in [2.24, 2.45) is 0 Å². The Hall–Kier alpha value is -2.40. The van der Waals surface area contributed by atoms with Gasteiger partial charge in [0.2, 0.25) is 0 Å². The van der Waals surface area contributed by atoms with Crippen LogP contribution in [0, 0.1) is 0 Å². The molecule has 25 heavy (non-hydrogen) atoms. The molecule has 0 saturated carbocycles. The van der Waals surface area contributed by atoms with E-state index in [9.17, 15) is 4.79 Å². The Morgan fingerprint density at radius 2 is 1.80 bits per heavy atom. The summed E-state index contributed by atoms with van der Waals surface area (Å²) in [5, 5.41) is 3.68. The van der Waals surface area contributed by atoms with Crippen LogP contribution in [-0.4, -0.2) is 18.0 Å². The second kappa shape index (κ2) is 6.84. The zero-order chi connectivity index (χ0) is 18.0. The van der Waals surface area contributed by atoms with Crippen molar-refractivity contribution in [3.05, 3.63) is 48.5 Å². The Kier molecular flexibility index (Phi) is 4.77. The molecule has 0 atom stereocenters. The number of anilines is 1. The van der Waals surface area contributed by atoms with Crippen LogP contribution in [0.25, 0.3) is 22.3 Å². The SMILES string of the molecule is CSc1ccc(-c2cc3cc(NC(=O)OC(C)(C)C)ccc3o2)cc1. The average Bonchev–Trinajstić information content (AvgIpc) is 2.96. The summed E-state index contributed by atoms with van der Waals surface area (Å²) in [5.74, 6) is 0.803. The Morgan fingerprint density at radius 1 is 1.08 bits per heavy atom. The number of benzene rings is 2. The number of hydrogen-bond donors (Lipinski definition) is 1. The predicted octanol–water partition coefficient (Wildman–Crippen LogP) is 6.17. The van der Waals surface area contributed by atoms with Gasteiger partial charge in [-0.3, -0.25) is 5.32 Å². The maximum atomic E-state index is 11.9. The Labute approximate surface area is 151 Å². The van der Waals surface area contributed by atoms with Gasteiger partial charge in [0, 0.05) is 21.5 Å². The van der Waals surface area contributed by atoms with Gasteiger partial charge in [-0.2, -0.15) is 0 Å².